The quantitative estimate of drug-likeness (QED) is 0.833. The van der Waals surface area contributed by atoms with Crippen LogP contribution in [0.3, 0.4) is 0 Å². The number of rotatable bonds is 2. The van der Waals surface area contributed by atoms with Gasteiger partial charge in [0, 0.05) is 12.5 Å². The lowest BCUT2D eigenvalue weighted by atomic mass is 10.0. The van der Waals surface area contributed by atoms with E-state index in [0.29, 0.717) is 12.5 Å². The maximum Gasteiger partial charge on any atom is 0.153 e. The normalized spacial score (nSPS) is 17.3. The molecule has 0 aromatic carbocycles. The Morgan fingerprint density at radius 3 is 2.88 bits per heavy atom. The third-order valence-corrected chi connectivity index (χ3v) is 3.37. The van der Waals surface area contributed by atoms with Crippen molar-refractivity contribution in [3.05, 3.63) is 29.7 Å². The zero-order chi connectivity index (χ0) is 11.0. The molecule has 2 aromatic rings. The van der Waals surface area contributed by atoms with E-state index < -0.39 is 0 Å². The first-order valence-electron chi connectivity index (χ1n) is 5.92. The van der Waals surface area contributed by atoms with Gasteiger partial charge in [-0.1, -0.05) is 12.8 Å². The fourth-order valence-electron chi connectivity index (χ4n) is 2.48. The van der Waals surface area contributed by atoms with Crippen molar-refractivity contribution in [1.82, 2.24) is 14.6 Å². The van der Waals surface area contributed by atoms with E-state index >= 15 is 0 Å². The summed E-state index contributed by atoms with van der Waals surface area (Å²) in [6.07, 6.45) is 7.15. The Morgan fingerprint density at radius 2 is 2.12 bits per heavy atom. The lowest BCUT2D eigenvalue weighted by molar-refractivity contribution is 0.671. The van der Waals surface area contributed by atoms with Crippen molar-refractivity contribution in [2.24, 2.45) is 5.73 Å². The largest absolute Gasteiger partial charge is 0.325 e. The Morgan fingerprint density at radius 1 is 1.31 bits per heavy atom. The van der Waals surface area contributed by atoms with Crippen LogP contribution in [0.4, 0.5) is 0 Å². The molecule has 0 atom stereocenters. The van der Waals surface area contributed by atoms with Gasteiger partial charge in [0.25, 0.3) is 0 Å². The second kappa shape index (κ2) is 3.87. The zero-order valence-electron chi connectivity index (χ0n) is 9.26. The maximum absolute atomic E-state index is 5.57. The van der Waals surface area contributed by atoms with Crippen LogP contribution in [0.1, 0.15) is 43.0 Å². The summed E-state index contributed by atoms with van der Waals surface area (Å²) in [5.41, 5.74) is 8.56. The Bertz CT molecular complexity index is 497. The SMILES string of the molecule is NCc1cn2nc(C3CCCC3)ccc2n1. The molecule has 2 N–H and O–H groups in total. The number of nitrogens with zero attached hydrogens (tertiary/aromatic N) is 3. The van der Waals surface area contributed by atoms with Crippen molar-refractivity contribution in [3.8, 4) is 0 Å². The smallest absolute Gasteiger partial charge is 0.153 e. The molecule has 84 valence electrons. The van der Waals surface area contributed by atoms with Crippen molar-refractivity contribution >= 4 is 5.65 Å². The van der Waals surface area contributed by atoms with Crippen LogP contribution in [0, 0.1) is 0 Å². The summed E-state index contributed by atoms with van der Waals surface area (Å²) in [4.78, 5) is 4.37. The maximum atomic E-state index is 5.57. The Hall–Kier alpha value is -1.42. The Kier molecular flexibility index (Phi) is 2.36. The van der Waals surface area contributed by atoms with Gasteiger partial charge >= 0.3 is 0 Å². The van der Waals surface area contributed by atoms with Crippen molar-refractivity contribution in [3.63, 3.8) is 0 Å². The highest BCUT2D eigenvalue weighted by molar-refractivity contribution is 5.39. The highest BCUT2D eigenvalue weighted by atomic mass is 15.2. The van der Waals surface area contributed by atoms with Crippen LogP contribution in [0.15, 0.2) is 18.3 Å². The van der Waals surface area contributed by atoms with Crippen molar-refractivity contribution in [2.75, 3.05) is 0 Å². The van der Waals surface area contributed by atoms with E-state index in [1.54, 1.807) is 0 Å². The van der Waals surface area contributed by atoms with Crippen LogP contribution >= 0.6 is 0 Å². The molecule has 1 aliphatic carbocycles. The molecule has 16 heavy (non-hydrogen) atoms. The van der Waals surface area contributed by atoms with Crippen LogP contribution in [0.2, 0.25) is 0 Å². The molecular weight excluding hydrogens is 200 g/mol. The van der Waals surface area contributed by atoms with Crippen LogP contribution in [0.5, 0.6) is 0 Å². The molecule has 0 bridgehead atoms. The molecule has 0 unspecified atom stereocenters. The minimum absolute atomic E-state index is 0.474. The minimum atomic E-state index is 0.474. The molecule has 1 saturated carbocycles. The van der Waals surface area contributed by atoms with Gasteiger partial charge in [-0.3, -0.25) is 0 Å². The number of nitrogens with two attached hydrogens (primary N) is 1. The molecule has 1 fully saturated rings. The van der Waals surface area contributed by atoms with Gasteiger partial charge in [-0.15, -0.1) is 0 Å². The number of aromatic nitrogens is 3. The summed E-state index contributed by atoms with van der Waals surface area (Å²) in [6.45, 7) is 0.474. The molecule has 0 radical (unpaired) electrons. The molecule has 2 aromatic heterocycles. The molecule has 0 aliphatic heterocycles. The van der Waals surface area contributed by atoms with E-state index in [1.165, 1.54) is 31.4 Å². The van der Waals surface area contributed by atoms with Crippen molar-refractivity contribution in [2.45, 2.75) is 38.1 Å². The van der Waals surface area contributed by atoms with Crippen LogP contribution in [-0.4, -0.2) is 14.6 Å². The lowest BCUT2D eigenvalue weighted by Gasteiger charge is -2.07. The standard InChI is InChI=1S/C12H16N4/c13-7-10-8-16-12(14-10)6-5-11(15-16)9-3-1-2-4-9/h5-6,8-9H,1-4,7,13H2. The average molecular weight is 216 g/mol. The summed E-state index contributed by atoms with van der Waals surface area (Å²) in [5, 5.41) is 4.62. The van der Waals surface area contributed by atoms with Gasteiger partial charge in [0.1, 0.15) is 0 Å². The topological polar surface area (TPSA) is 56.2 Å². The van der Waals surface area contributed by atoms with E-state index in [4.69, 9.17) is 5.73 Å². The molecule has 0 amide bonds. The van der Waals surface area contributed by atoms with Gasteiger partial charge in [-0.2, -0.15) is 5.10 Å². The second-order valence-corrected chi connectivity index (χ2v) is 4.48. The molecule has 4 nitrogen and oxygen atoms in total. The fourth-order valence-corrected chi connectivity index (χ4v) is 2.48. The monoisotopic (exact) mass is 216 g/mol. The summed E-state index contributed by atoms with van der Waals surface area (Å²) < 4.78 is 1.86. The molecule has 3 rings (SSSR count). The summed E-state index contributed by atoms with van der Waals surface area (Å²) in [5.74, 6) is 0.646. The van der Waals surface area contributed by atoms with Crippen molar-refractivity contribution < 1.29 is 0 Å². The fraction of sp³-hybridized carbons (Fsp3) is 0.500. The van der Waals surface area contributed by atoms with Crippen molar-refractivity contribution in [1.29, 1.82) is 0 Å². The first kappa shape index (κ1) is 9.78. The van der Waals surface area contributed by atoms with E-state index in [-0.39, 0.29) is 0 Å². The predicted octanol–water partition coefficient (Wildman–Crippen LogP) is 1.85. The van der Waals surface area contributed by atoms with Gasteiger partial charge in [-0.05, 0) is 25.0 Å². The molecule has 1 aliphatic rings. The van der Waals surface area contributed by atoms with E-state index in [0.717, 1.165) is 11.3 Å². The average Bonchev–Trinajstić information content (AvgIpc) is 2.96. The third-order valence-electron chi connectivity index (χ3n) is 3.37. The van der Waals surface area contributed by atoms with Crippen LogP contribution in [-0.2, 0) is 6.54 Å². The summed E-state index contributed by atoms with van der Waals surface area (Å²) in [6, 6.07) is 4.15. The Labute approximate surface area is 94.5 Å². The first-order chi connectivity index (χ1) is 7.86. The van der Waals surface area contributed by atoms with Gasteiger partial charge in [0.2, 0.25) is 0 Å². The van der Waals surface area contributed by atoms with E-state index in [1.807, 2.05) is 16.8 Å². The number of hydrogen-bond acceptors (Lipinski definition) is 3. The summed E-state index contributed by atoms with van der Waals surface area (Å²) in [7, 11) is 0. The number of fused-ring (bicyclic) bond motifs is 1. The Balaban J connectivity index is 2.00. The second-order valence-electron chi connectivity index (χ2n) is 4.48. The highest BCUT2D eigenvalue weighted by Gasteiger charge is 2.18. The van der Waals surface area contributed by atoms with Gasteiger partial charge < -0.3 is 5.73 Å². The molecule has 4 heteroatoms. The van der Waals surface area contributed by atoms with Gasteiger partial charge in [-0.25, -0.2) is 9.50 Å². The number of imidazole rings is 1. The van der Waals surface area contributed by atoms with Crippen LogP contribution < -0.4 is 5.73 Å². The minimum Gasteiger partial charge on any atom is -0.325 e. The highest BCUT2D eigenvalue weighted by Crippen LogP contribution is 2.32. The molecular formula is C12H16N4. The lowest BCUT2D eigenvalue weighted by Crippen LogP contribution is -2.01. The van der Waals surface area contributed by atoms with E-state index in [2.05, 4.69) is 16.1 Å². The summed E-state index contributed by atoms with van der Waals surface area (Å²) >= 11 is 0. The zero-order valence-corrected chi connectivity index (χ0v) is 9.26. The molecule has 0 saturated heterocycles. The van der Waals surface area contributed by atoms with Gasteiger partial charge in [0.15, 0.2) is 5.65 Å². The first-order valence-corrected chi connectivity index (χ1v) is 5.92. The van der Waals surface area contributed by atoms with Crippen LogP contribution in [0.25, 0.3) is 5.65 Å². The predicted molar refractivity (Wildman–Crippen MR) is 62.1 cm³/mol. The number of hydrogen-bond donors (Lipinski definition) is 1. The molecule has 2 heterocycles. The van der Waals surface area contributed by atoms with Gasteiger partial charge in [0.05, 0.1) is 17.6 Å². The third kappa shape index (κ3) is 1.59. The molecule has 0 spiro atoms. The van der Waals surface area contributed by atoms with E-state index in [9.17, 15) is 0 Å².